The van der Waals surface area contributed by atoms with Gasteiger partial charge >= 0.3 is 5.97 Å². The summed E-state index contributed by atoms with van der Waals surface area (Å²) < 4.78 is 5.50. The fourth-order valence-corrected chi connectivity index (χ4v) is 5.69. The number of piperidine rings is 1. The molecule has 1 saturated heterocycles. The van der Waals surface area contributed by atoms with Crippen LogP contribution in [0.4, 0.5) is 0 Å². The lowest BCUT2D eigenvalue weighted by Crippen LogP contribution is -2.58. The molecule has 2 aliphatic rings. The van der Waals surface area contributed by atoms with Gasteiger partial charge in [-0.2, -0.15) is 0 Å². The maximum Gasteiger partial charge on any atom is 0.329 e. The van der Waals surface area contributed by atoms with E-state index in [0.29, 0.717) is 22.9 Å². The summed E-state index contributed by atoms with van der Waals surface area (Å²) in [7, 11) is 0. The van der Waals surface area contributed by atoms with E-state index in [1.54, 1.807) is 13.0 Å². The first kappa shape index (κ1) is 24.8. The van der Waals surface area contributed by atoms with Crippen LogP contribution >= 0.6 is 23.2 Å². The van der Waals surface area contributed by atoms with E-state index in [4.69, 9.17) is 27.9 Å². The van der Waals surface area contributed by atoms with Crippen LogP contribution in [0.5, 0.6) is 0 Å². The van der Waals surface area contributed by atoms with Gasteiger partial charge in [0.1, 0.15) is 6.04 Å². The Kier molecular flexibility index (Phi) is 7.39. The molecule has 1 amide bonds. The first-order valence-electron chi connectivity index (χ1n) is 11.9. The van der Waals surface area contributed by atoms with Crippen molar-refractivity contribution >= 4 is 35.1 Å². The molecule has 0 aromatic heterocycles. The van der Waals surface area contributed by atoms with Gasteiger partial charge in [0.25, 0.3) is 0 Å². The van der Waals surface area contributed by atoms with E-state index < -0.39 is 11.5 Å². The molecule has 0 spiro atoms. The normalized spacial score (nSPS) is 25.6. The molecule has 0 N–H and O–H groups in total. The molecule has 1 saturated carbocycles. The lowest BCUT2D eigenvalue weighted by atomic mass is 9.67. The van der Waals surface area contributed by atoms with Gasteiger partial charge in [-0.1, -0.05) is 60.5 Å². The van der Waals surface area contributed by atoms with Gasteiger partial charge in [-0.3, -0.25) is 4.79 Å². The van der Waals surface area contributed by atoms with Gasteiger partial charge in [-0.25, -0.2) is 4.79 Å². The Labute approximate surface area is 211 Å². The predicted molar refractivity (Wildman–Crippen MR) is 136 cm³/mol. The van der Waals surface area contributed by atoms with Crippen molar-refractivity contribution < 1.29 is 14.3 Å². The molecule has 0 radical (unpaired) electrons. The fourth-order valence-electron chi connectivity index (χ4n) is 5.37. The number of hydrogen-bond acceptors (Lipinski definition) is 3. The number of ether oxygens (including phenoxy) is 1. The Hall–Kier alpha value is -2.30. The summed E-state index contributed by atoms with van der Waals surface area (Å²) in [6.07, 6.45) is 4.74. The van der Waals surface area contributed by atoms with Crippen molar-refractivity contribution in [2.45, 2.75) is 57.5 Å². The summed E-state index contributed by atoms with van der Waals surface area (Å²) in [6.45, 7) is 7.97. The van der Waals surface area contributed by atoms with Crippen LogP contribution in [0.3, 0.4) is 0 Å². The highest BCUT2D eigenvalue weighted by molar-refractivity contribution is 6.30. The van der Waals surface area contributed by atoms with E-state index in [-0.39, 0.29) is 36.4 Å². The molecule has 1 heterocycles. The minimum Gasteiger partial charge on any atom is -0.464 e. The second-order valence-corrected chi connectivity index (χ2v) is 10.5. The van der Waals surface area contributed by atoms with E-state index in [1.165, 1.54) is 0 Å². The minimum absolute atomic E-state index is 0.0319. The fraction of sp³-hybridized carbons (Fsp3) is 0.429. The van der Waals surface area contributed by atoms with Crippen LogP contribution in [0, 0.1) is 11.3 Å². The second-order valence-electron chi connectivity index (χ2n) is 9.66. The van der Waals surface area contributed by atoms with E-state index in [0.717, 1.165) is 24.0 Å². The number of hydrogen-bond donors (Lipinski definition) is 0. The Balaban J connectivity index is 1.92. The van der Waals surface area contributed by atoms with Crippen molar-refractivity contribution in [3.05, 3.63) is 82.4 Å². The number of amides is 1. The van der Waals surface area contributed by atoms with Crippen molar-refractivity contribution in [2.75, 3.05) is 6.61 Å². The highest BCUT2D eigenvalue weighted by atomic mass is 35.5. The molecule has 0 bridgehead atoms. The maximum absolute atomic E-state index is 14.2. The van der Waals surface area contributed by atoms with Crippen LogP contribution in [-0.4, -0.2) is 29.4 Å². The first-order chi connectivity index (χ1) is 16.3. The van der Waals surface area contributed by atoms with Crippen molar-refractivity contribution in [3.8, 4) is 0 Å². The van der Waals surface area contributed by atoms with Gasteiger partial charge in [0, 0.05) is 16.0 Å². The predicted octanol–water partition coefficient (Wildman–Crippen LogP) is 6.97. The average Bonchev–Trinajstić information content (AvgIpc) is 3.63. The van der Waals surface area contributed by atoms with Gasteiger partial charge in [0.15, 0.2) is 0 Å². The number of carbonyl (C=O) groups excluding carboxylic acids is 2. The number of carbonyl (C=O) groups is 2. The summed E-state index contributed by atoms with van der Waals surface area (Å²) in [6, 6.07) is 14.4. The highest BCUT2D eigenvalue weighted by Crippen LogP contribution is 2.54. The number of benzene rings is 2. The molecular weight excluding hydrogens is 469 g/mol. The zero-order valence-corrected chi connectivity index (χ0v) is 21.2. The molecule has 4 rings (SSSR count). The molecule has 4 nitrogen and oxygen atoms in total. The highest BCUT2D eigenvalue weighted by Gasteiger charge is 2.55. The Morgan fingerprint density at radius 2 is 1.88 bits per heavy atom. The zero-order chi connectivity index (χ0) is 24.5. The van der Waals surface area contributed by atoms with E-state index in [1.807, 2.05) is 54.3 Å². The molecule has 2 aromatic rings. The molecule has 2 fully saturated rings. The van der Waals surface area contributed by atoms with E-state index >= 15 is 0 Å². The third-order valence-electron chi connectivity index (χ3n) is 7.08. The Morgan fingerprint density at radius 1 is 1.18 bits per heavy atom. The van der Waals surface area contributed by atoms with Crippen molar-refractivity contribution in [2.24, 2.45) is 11.3 Å². The lowest BCUT2D eigenvalue weighted by molar-refractivity contribution is -0.167. The third kappa shape index (κ3) is 4.89. The minimum atomic E-state index is -0.697. The zero-order valence-electron chi connectivity index (χ0n) is 19.7. The Bertz CT molecular complexity index is 1070. The number of halogens is 2. The van der Waals surface area contributed by atoms with E-state index in [2.05, 4.69) is 12.6 Å². The van der Waals surface area contributed by atoms with Crippen LogP contribution in [0.1, 0.15) is 62.6 Å². The van der Waals surface area contributed by atoms with Crippen molar-refractivity contribution in [1.29, 1.82) is 0 Å². The van der Waals surface area contributed by atoms with Crippen molar-refractivity contribution in [3.63, 3.8) is 0 Å². The number of likely N-dealkylation sites (tertiary alicyclic amines) is 1. The Morgan fingerprint density at radius 3 is 2.47 bits per heavy atom. The molecular formula is C28H31Cl2NO3. The van der Waals surface area contributed by atoms with Crippen LogP contribution < -0.4 is 0 Å². The smallest absolute Gasteiger partial charge is 0.329 e. The maximum atomic E-state index is 14.2. The van der Waals surface area contributed by atoms with Crippen molar-refractivity contribution in [1.82, 2.24) is 4.90 Å². The van der Waals surface area contributed by atoms with Crippen LogP contribution in [0.15, 0.2) is 61.2 Å². The van der Waals surface area contributed by atoms with E-state index in [9.17, 15) is 9.59 Å². The first-order valence-corrected chi connectivity index (χ1v) is 12.7. The third-order valence-corrected chi connectivity index (χ3v) is 7.57. The summed E-state index contributed by atoms with van der Waals surface area (Å²) in [5.74, 6) is -0.331. The molecule has 34 heavy (non-hydrogen) atoms. The molecule has 2 unspecified atom stereocenters. The van der Waals surface area contributed by atoms with Gasteiger partial charge < -0.3 is 9.64 Å². The standard InChI is InChI=1S/C28H31Cl2NO3/c1-4-15-28(3)17-23(20-7-6-8-22(30)16-20)24(18-11-13-21(29)14-12-18)31(27(28)33)25(19-9-10-19)26(32)34-5-2/h4,6-8,11-14,16,19,23-25H,1,5,9-10,15,17H2,2-3H3/t23-,24?,25?,28+/m1/s1. The summed E-state index contributed by atoms with van der Waals surface area (Å²) in [5.41, 5.74) is 1.29. The summed E-state index contributed by atoms with van der Waals surface area (Å²) in [4.78, 5) is 29.4. The lowest BCUT2D eigenvalue weighted by Gasteiger charge is -2.51. The number of esters is 1. The van der Waals surface area contributed by atoms with Crippen LogP contribution in [-0.2, 0) is 14.3 Å². The number of rotatable bonds is 8. The van der Waals surface area contributed by atoms with Crippen LogP contribution in [0.2, 0.25) is 10.0 Å². The summed E-state index contributed by atoms with van der Waals surface area (Å²) in [5, 5.41) is 1.27. The number of allylic oxidation sites excluding steroid dienone is 1. The molecule has 180 valence electrons. The summed E-state index contributed by atoms with van der Waals surface area (Å²) >= 11 is 12.6. The molecule has 2 aromatic carbocycles. The van der Waals surface area contributed by atoms with Gasteiger partial charge in [-0.15, -0.1) is 6.58 Å². The largest absolute Gasteiger partial charge is 0.464 e. The van der Waals surface area contributed by atoms with Crippen LogP contribution in [0.25, 0.3) is 0 Å². The second kappa shape index (κ2) is 10.1. The number of nitrogens with zero attached hydrogens (tertiary/aromatic N) is 1. The molecule has 4 atom stereocenters. The van der Waals surface area contributed by atoms with Gasteiger partial charge in [-0.05, 0) is 73.9 Å². The van der Waals surface area contributed by atoms with Gasteiger partial charge in [0.05, 0.1) is 18.1 Å². The molecule has 1 aliphatic carbocycles. The SMILES string of the molecule is C=CC[C@@]1(C)C[C@H](c2cccc(Cl)c2)C(c2ccc(Cl)cc2)N(C(C(=O)OCC)C2CC2)C1=O. The quantitative estimate of drug-likeness (QED) is 0.290. The molecule has 1 aliphatic heterocycles. The average molecular weight is 500 g/mol. The topological polar surface area (TPSA) is 46.6 Å². The molecule has 6 heteroatoms. The monoisotopic (exact) mass is 499 g/mol. The van der Waals surface area contributed by atoms with Gasteiger partial charge in [0.2, 0.25) is 5.91 Å².